The molecule has 7 nitrogen and oxygen atoms in total. The fraction of sp³-hybridized carbons (Fsp3) is 0.750. The lowest BCUT2D eigenvalue weighted by Crippen LogP contribution is -2.05. The summed E-state index contributed by atoms with van der Waals surface area (Å²) in [5.41, 5.74) is -0.0554. The van der Waals surface area contributed by atoms with Crippen molar-refractivity contribution in [2.24, 2.45) is 0 Å². The Balaban J connectivity index is 2.47. The van der Waals surface area contributed by atoms with Gasteiger partial charge in [-0.1, -0.05) is 90.9 Å². The predicted octanol–water partition coefficient (Wildman–Crippen LogP) is 8.62. The highest BCUT2D eigenvalue weighted by molar-refractivity contribution is 7.48. The third kappa shape index (κ3) is 13.9. The number of nitro groups is 1. The Hall–Kier alpha value is -1.43. The van der Waals surface area contributed by atoms with E-state index in [0.29, 0.717) is 13.2 Å². The van der Waals surface area contributed by atoms with E-state index in [2.05, 4.69) is 13.8 Å². The van der Waals surface area contributed by atoms with Crippen molar-refractivity contribution >= 4 is 13.5 Å². The monoisotopic (exact) mass is 471 g/mol. The Bertz CT molecular complexity index is 628. The SMILES string of the molecule is CCCCCCCCCOP(=O)(OCCCCCCCCC)Oc1ccc([N+](=O)[O-])cc1. The number of hydrogen-bond donors (Lipinski definition) is 0. The molecule has 0 spiro atoms. The highest BCUT2D eigenvalue weighted by Crippen LogP contribution is 2.50. The van der Waals surface area contributed by atoms with Gasteiger partial charge < -0.3 is 4.52 Å². The molecule has 0 unspecified atom stereocenters. The smallest absolute Gasteiger partial charge is 0.404 e. The standard InChI is InChI=1S/C24H42NO6P/c1-3-5-7-9-11-13-15-21-29-32(28,30-22-16-14-12-10-8-6-4-2)31-24-19-17-23(18-20-24)25(26)27/h17-20H,3-16,21-22H2,1-2H3. The minimum Gasteiger partial charge on any atom is -0.404 e. The number of non-ortho nitro benzene ring substituents is 1. The molecule has 0 radical (unpaired) electrons. The molecular formula is C24H42NO6P. The summed E-state index contributed by atoms with van der Waals surface area (Å²) in [6.07, 6.45) is 15.8. The van der Waals surface area contributed by atoms with Crippen LogP contribution >= 0.6 is 7.82 Å². The maximum absolute atomic E-state index is 13.1. The molecule has 0 aliphatic rings. The molecule has 0 atom stereocenters. The van der Waals surface area contributed by atoms with Crippen molar-refractivity contribution in [2.45, 2.75) is 104 Å². The van der Waals surface area contributed by atoms with Crippen molar-refractivity contribution in [3.8, 4) is 5.75 Å². The van der Waals surface area contributed by atoms with E-state index in [1.54, 1.807) is 0 Å². The Kier molecular flexibility index (Phi) is 16.1. The van der Waals surface area contributed by atoms with Gasteiger partial charge >= 0.3 is 7.82 Å². The van der Waals surface area contributed by atoms with Gasteiger partial charge in [0.15, 0.2) is 0 Å². The number of phosphoric acid groups is 1. The maximum Gasteiger partial charge on any atom is 0.530 e. The Morgan fingerprint density at radius 2 is 1.12 bits per heavy atom. The van der Waals surface area contributed by atoms with Crippen LogP contribution in [0.25, 0.3) is 0 Å². The normalized spacial score (nSPS) is 11.6. The van der Waals surface area contributed by atoms with Gasteiger partial charge in [0.25, 0.3) is 5.69 Å². The van der Waals surface area contributed by atoms with Crippen LogP contribution in [-0.4, -0.2) is 18.1 Å². The Morgan fingerprint density at radius 1 is 0.719 bits per heavy atom. The quantitative estimate of drug-likeness (QED) is 0.0771. The summed E-state index contributed by atoms with van der Waals surface area (Å²) in [6, 6.07) is 5.45. The molecule has 0 fully saturated rings. The van der Waals surface area contributed by atoms with E-state index in [1.165, 1.54) is 75.6 Å². The number of unbranched alkanes of at least 4 members (excludes halogenated alkanes) is 12. The molecule has 0 aromatic heterocycles. The number of benzene rings is 1. The lowest BCUT2D eigenvalue weighted by Gasteiger charge is -2.18. The van der Waals surface area contributed by atoms with Crippen molar-refractivity contribution in [1.29, 1.82) is 0 Å². The zero-order valence-electron chi connectivity index (χ0n) is 20.0. The first kappa shape index (κ1) is 28.6. The Labute approximate surface area is 194 Å². The highest BCUT2D eigenvalue weighted by Gasteiger charge is 2.28. The molecule has 1 rings (SSSR count). The van der Waals surface area contributed by atoms with Crippen molar-refractivity contribution in [3.05, 3.63) is 34.4 Å². The summed E-state index contributed by atoms with van der Waals surface area (Å²) >= 11 is 0. The molecule has 0 bridgehead atoms. The van der Waals surface area contributed by atoms with Crippen molar-refractivity contribution in [3.63, 3.8) is 0 Å². The first-order valence-electron chi connectivity index (χ1n) is 12.3. The second-order valence-electron chi connectivity index (χ2n) is 8.20. The van der Waals surface area contributed by atoms with Gasteiger partial charge in [0.05, 0.1) is 18.1 Å². The van der Waals surface area contributed by atoms with Crippen LogP contribution in [0.4, 0.5) is 5.69 Å². The first-order valence-corrected chi connectivity index (χ1v) is 13.8. The molecule has 0 N–H and O–H groups in total. The molecule has 0 aliphatic carbocycles. The van der Waals surface area contributed by atoms with Gasteiger partial charge in [-0.2, -0.15) is 0 Å². The van der Waals surface area contributed by atoms with E-state index in [1.807, 2.05) is 0 Å². The third-order valence-corrected chi connectivity index (χ3v) is 6.69. The number of nitro benzene ring substituents is 1. The fourth-order valence-corrected chi connectivity index (χ4v) is 4.58. The van der Waals surface area contributed by atoms with Crippen LogP contribution in [0.3, 0.4) is 0 Å². The fourth-order valence-electron chi connectivity index (χ4n) is 3.32. The molecule has 32 heavy (non-hydrogen) atoms. The van der Waals surface area contributed by atoms with Gasteiger partial charge in [-0.3, -0.25) is 19.2 Å². The number of rotatable bonds is 21. The van der Waals surface area contributed by atoms with E-state index in [4.69, 9.17) is 13.6 Å². The average Bonchev–Trinajstić information content (AvgIpc) is 2.78. The zero-order valence-corrected chi connectivity index (χ0v) is 20.9. The molecule has 184 valence electrons. The minimum absolute atomic E-state index is 0.0554. The van der Waals surface area contributed by atoms with Crippen molar-refractivity contribution in [1.82, 2.24) is 0 Å². The summed E-state index contributed by atoms with van der Waals surface area (Å²) in [6.45, 7) is 5.00. The second-order valence-corrected chi connectivity index (χ2v) is 9.79. The molecule has 0 saturated heterocycles. The zero-order chi connectivity index (χ0) is 23.5. The topological polar surface area (TPSA) is 87.9 Å². The van der Waals surface area contributed by atoms with E-state index in [0.717, 1.165) is 38.5 Å². The molecule has 0 aliphatic heterocycles. The minimum atomic E-state index is -3.78. The molecular weight excluding hydrogens is 429 g/mol. The number of nitrogens with zero attached hydrogens (tertiary/aromatic N) is 1. The maximum atomic E-state index is 13.1. The van der Waals surface area contributed by atoms with Crippen LogP contribution in [0.5, 0.6) is 5.75 Å². The van der Waals surface area contributed by atoms with Crippen molar-refractivity contribution < 1.29 is 23.1 Å². The van der Waals surface area contributed by atoms with Gasteiger partial charge in [0.1, 0.15) is 5.75 Å². The summed E-state index contributed by atoms with van der Waals surface area (Å²) in [5.74, 6) is 0.234. The molecule has 0 heterocycles. The van der Waals surface area contributed by atoms with Gasteiger partial charge in [-0.15, -0.1) is 0 Å². The molecule has 1 aromatic carbocycles. The summed E-state index contributed by atoms with van der Waals surface area (Å²) < 4.78 is 29.8. The third-order valence-electron chi connectivity index (χ3n) is 5.26. The average molecular weight is 472 g/mol. The van der Waals surface area contributed by atoms with Crippen molar-refractivity contribution in [2.75, 3.05) is 13.2 Å². The van der Waals surface area contributed by atoms with E-state index in [9.17, 15) is 14.7 Å². The predicted molar refractivity (Wildman–Crippen MR) is 129 cm³/mol. The van der Waals surface area contributed by atoms with E-state index >= 15 is 0 Å². The molecule has 8 heteroatoms. The summed E-state index contributed by atoms with van der Waals surface area (Å²) in [5, 5.41) is 10.8. The largest absolute Gasteiger partial charge is 0.530 e. The van der Waals surface area contributed by atoms with Crippen LogP contribution in [0, 0.1) is 10.1 Å². The first-order chi connectivity index (χ1) is 15.5. The van der Waals surface area contributed by atoms with Gasteiger partial charge in [-0.25, -0.2) is 4.57 Å². The number of phosphoric ester groups is 1. The molecule has 1 aromatic rings. The number of hydrogen-bond acceptors (Lipinski definition) is 6. The second kappa shape index (κ2) is 18.0. The van der Waals surface area contributed by atoms with Crippen LogP contribution in [0.2, 0.25) is 0 Å². The summed E-state index contributed by atoms with van der Waals surface area (Å²) in [7, 11) is -3.78. The van der Waals surface area contributed by atoms with Crippen LogP contribution < -0.4 is 4.52 Å². The van der Waals surface area contributed by atoms with Crippen LogP contribution in [0.1, 0.15) is 104 Å². The Morgan fingerprint density at radius 3 is 1.53 bits per heavy atom. The van der Waals surface area contributed by atoms with E-state index < -0.39 is 12.7 Å². The van der Waals surface area contributed by atoms with Crippen LogP contribution in [0.15, 0.2) is 24.3 Å². The molecule has 0 saturated carbocycles. The lowest BCUT2D eigenvalue weighted by atomic mass is 10.1. The highest BCUT2D eigenvalue weighted by atomic mass is 31.2. The van der Waals surface area contributed by atoms with Crippen LogP contribution in [-0.2, 0) is 13.6 Å². The van der Waals surface area contributed by atoms with Gasteiger partial charge in [0.2, 0.25) is 0 Å². The van der Waals surface area contributed by atoms with Gasteiger partial charge in [-0.05, 0) is 25.0 Å². The van der Waals surface area contributed by atoms with E-state index in [-0.39, 0.29) is 11.4 Å². The molecule has 0 amide bonds. The van der Waals surface area contributed by atoms with Gasteiger partial charge in [0, 0.05) is 12.1 Å². The lowest BCUT2D eigenvalue weighted by molar-refractivity contribution is -0.384. The summed E-state index contributed by atoms with van der Waals surface area (Å²) in [4.78, 5) is 10.3.